The molecule has 0 aromatic heterocycles. The lowest BCUT2D eigenvalue weighted by Crippen LogP contribution is -2.39. The van der Waals surface area contributed by atoms with Gasteiger partial charge in [-0.05, 0) is 19.0 Å². The van der Waals surface area contributed by atoms with Gasteiger partial charge in [0.1, 0.15) is 0 Å². The van der Waals surface area contributed by atoms with Crippen molar-refractivity contribution in [2.75, 3.05) is 0 Å². The third-order valence-corrected chi connectivity index (χ3v) is 2.06. The summed E-state index contributed by atoms with van der Waals surface area (Å²) in [6.45, 7) is 3.57. The highest BCUT2D eigenvalue weighted by Crippen LogP contribution is 2.17. The molecule has 0 unspecified atom stereocenters. The van der Waals surface area contributed by atoms with Crippen LogP contribution in [0.3, 0.4) is 0 Å². The summed E-state index contributed by atoms with van der Waals surface area (Å²) in [4.78, 5) is 0. The molecule has 0 aromatic carbocycles. The molecule has 1 fully saturated rings. The van der Waals surface area contributed by atoms with E-state index >= 15 is 0 Å². The predicted molar refractivity (Wildman–Crippen MR) is 41.6 cm³/mol. The van der Waals surface area contributed by atoms with Crippen LogP contribution < -0.4 is 5.32 Å². The summed E-state index contributed by atoms with van der Waals surface area (Å²) in [5.74, 6) is 0. The fraction of sp³-hybridized carbons (Fsp3) is 0.750. The Bertz CT molecular complexity index is 114. The van der Waals surface area contributed by atoms with Crippen LogP contribution in [0.2, 0.25) is 0 Å². The van der Waals surface area contributed by atoms with Crippen LogP contribution in [-0.2, 0) is 0 Å². The van der Waals surface area contributed by atoms with Gasteiger partial charge in [-0.15, -0.1) is 0 Å². The number of rotatable bonds is 2. The van der Waals surface area contributed by atoms with Gasteiger partial charge in [0, 0.05) is 0 Å². The number of hydrogen-bond acceptors (Lipinski definition) is 2. The van der Waals surface area contributed by atoms with Crippen LogP contribution in [0.25, 0.3) is 0 Å². The molecule has 0 spiro atoms. The fourth-order valence-electron chi connectivity index (χ4n) is 1.46. The van der Waals surface area contributed by atoms with Gasteiger partial charge < -0.3 is 10.4 Å². The molecule has 2 nitrogen and oxygen atoms in total. The van der Waals surface area contributed by atoms with Crippen LogP contribution >= 0.6 is 0 Å². The fourth-order valence-corrected chi connectivity index (χ4v) is 1.46. The molecular weight excluding hydrogens is 126 g/mol. The van der Waals surface area contributed by atoms with E-state index in [1.165, 1.54) is 6.42 Å². The maximum atomic E-state index is 9.39. The first-order valence-corrected chi connectivity index (χ1v) is 3.89. The zero-order chi connectivity index (χ0) is 7.40. The Morgan fingerprint density at radius 2 is 2.10 bits per heavy atom. The van der Waals surface area contributed by atoms with Crippen molar-refractivity contribution >= 4 is 0 Å². The van der Waals surface area contributed by atoms with E-state index in [1.54, 1.807) is 6.20 Å². The second-order valence-electron chi connectivity index (χ2n) is 2.83. The van der Waals surface area contributed by atoms with Gasteiger partial charge in [-0.25, -0.2) is 0 Å². The Labute approximate surface area is 61.9 Å². The Morgan fingerprint density at radius 1 is 1.40 bits per heavy atom. The van der Waals surface area contributed by atoms with E-state index in [-0.39, 0.29) is 12.1 Å². The van der Waals surface area contributed by atoms with Gasteiger partial charge in [-0.3, -0.25) is 0 Å². The summed E-state index contributed by atoms with van der Waals surface area (Å²) in [5.41, 5.74) is 0. The van der Waals surface area contributed by atoms with E-state index in [4.69, 9.17) is 0 Å². The van der Waals surface area contributed by atoms with Gasteiger partial charge in [-0.1, -0.05) is 19.4 Å². The van der Waals surface area contributed by atoms with Gasteiger partial charge in [-0.2, -0.15) is 0 Å². The third-order valence-electron chi connectivity index (χ3n) is 2.06. The second kappa shape index (κ2) is 3.62. The van der Waals surface area contributed by atoms with Crippen molar-refractivity contribution in [3.63, 3.8) is 0 Å². The molecule has 0 heterocycles. The molecule has 0 bridgehead atoms. The molecule has 1 saturated carbocycles. The standard InChI is InChI=1S/C8H15NO/c1-2-9-7-5-3-4-6-8(7)10/h2,7-10H,1,3-6H2/t7-,8-/m0/s1. The lowest BCUT2D eigenvalue weighted by atomic mass is 9.93. The maximum absolute atomic E-state index is 9.39. The highest BCUT2D eigenvalue weighted by Gasteiger charge is 2.20. The molecule has 10 heavy (non-hydrogen) atoms. The van der Waals surface area contributed by atoms with Crippen molar-refractivity contribution in [3.05, 3.63) is 12.8 Å². The SMILES string of the molecule is C=CN[C@H]1CCCC[C@@H]1O. The molecule has 1 aliphatic rings. The summed E-state index contributed by atoms with van der Waals surface area (Å²) in [6.07, 6.45) is 5.91. The van der Waals surface area contributed by atoms with E-state index in [9.17, 15) is 5.11 Å². The van der Waals surface area contributed by atoms with Crippen LogP contribution in [0.5, 0.6) is 0 Å². The summed E-state index contributed by atoms with van der Waals surface area (Å²) in [7, 11) is 0. The molecule has 1 rings (SSSR count). The Kier molecular flexibility index (Phi) is 2.75. The van der Waals surface area contributed by atoms with Gasteiger partial charge in [0.05, 0.1) is 12.1 Å². The molecule has 2 heteroatoms. The average molecular weight is 141 g/mol. The molecule has 0 aromatic rings. The number of aliphatic hydroxyl groups excluding tert-OH is 1. The molecular formula is C8H15NO. The Hall–Kier alpha value is -0.500. The molecule has 1 aliphatic carbocycles. The molecule has 0 amide bonds. The highest BCUT2D eigenvalue weighted by molar-refractivity contribution is 4.83. The average Bonchev–Trinajstić information content (AvgIpc) is 1.94. The molecule has 2 atom stereocenters. The minimum atomic E-state index is -0.160. The highest BCUT2D eigenvalue weighted by atomic mass is 16.3. The molecule has 58 valence electrons. The van der Waals surface area contributed by atoms with Crippen molar-refractivity contribution in [1.29, 1.82) is 0 Å². The molecule has 0 saturated heterocycles. The van der Waals surface area contributed by atoms with Crippen LogP contribution in [0.1, 0.15) is 25.7 Å². The predicted octanol–water partition coefficient (Wildman–Crippen LogP) is 1.02. The first kappa shape index (κ1) is 7.61. The first-order valence-electron chi connectivity index (χ1n) is 3.89. The minimum absolute atomic E-state index is 0.160. The lowest BCUT2D eigenvalue weighted by molar-refractivity contribution is 0.0974. The van der Waals surface area contributed by atoms with Crippen molar-refractivity contribution in [2.24, 2.45) is 0 Å². The number of hydrogen-bond donors (Lipinski definition) is 2. The summed E-state index contributed by atoms with van der Waals surface area (Å²) in [6, 6.07) is 0.256. The zero-order valence-electron chi connectivity index (χ0n) is 6.21. The van der Waals surface area contributed by atoms with E-state index in [2.05, 4.69) is 11.9 Å². The van der Waals surface area contributed by atoms with Crippen molar-refractivity contribution in [3.8, 4) is 0 Å². The van der Waals surface area contributed by atoms with Crippen LogP contribution in [0.15, 0.2) is 12.8 Å². The minimum Gasteiger partial charge on any atom is -0.391 e. The number of nitrogens with one attached hydrogen (secondary N) is 1. The zero-order valence-corrected chi connectivity index (χ0v) is 6.21. The Balaban J connectivity index is 2.32. The van der Waals surface area contributed by atoms with Gasteiger partial charge in [0.25, 0.3) is 0 Å². The van der Waals surface area contributed by atoms with E-state index in [0.717, 1.165) is 19.3 Å². The molecule has 0 aliphatic heterocycles. The smallest absolute Gasteiger partial charge is 0.0740 e. The largest absolute Gasteiger partial charge is 0.391 e. The van der Waals surface area contributed by atoms with Crippen LogP contribution in [0, 0.1) is 0 Å². The first-order chi connectivity index (χ1) is 4.84. The van der Waals surface area contributed by atoms with Crippen molar-refractivity contribution in [2.45, 2.75) is 37.8 Å². The van der Waals surface area contributed by atoms with Crippen molar-refractivity contribution < 1.29 is 5.11 Å². The molecule has 0 radical (unpaired) electrons. The topological polar surface area (TPSA) is 32.3 Å². The Morgan fingerprint density at radius 3 is 2.70 bits per heavy atom. The van der Waals surface area contributed by atoms with Crippen LogP contribution in [-0.4, -0.2) is 17.3 Å². The monoisotopic (exact) mass is 141 g/mol. The van der Waals surface area contributed by atoms with E-state index in [1.807, 2.05) is 0 Å². The third kappa shape index (κ3) is 1.74. The summed E-state index contributed by atoms with van der Waals surface area (Å²) < 4.78 is 0. The van der Waals surface area contributed by atoms with E-state index in [0.29, 0.717) is 0 Å². The van der Waals surface area contributed by atoms with Gasteiger partial charge in [0.15, 0.2) is 0 Å². The summed E-state index contributed by atoms with van der Waals surface area (Å²) >= 11 is 0. The van der Waals surface area contributed by atoms with Crippen molar-refractivity contribution in [1.82, 2.24) is 5.32 Å². The molecule has 2 N–H and O–H groups in total. The summed E-state index contributed by atoms with van der Waals surface area (Å²) in [5, 5.41) is 12.4. The second-order valence-corrected chi connectivity index (χ2v) is 2.83. The lowest BCUT2D eigenvalue weighted by Gasteiger charge is -2.27. The normalized spacial score (nSPS) is 33.3. The number of aliphatic hydroxyl groups is 1. The quantitative estimate of drug-likeness (QED) is 0.602. The van der Waals surface area contributed by atoms with Crippen LogP contribution in [0.4, 0.5) is 0 Å². The van der Waals surface area contributed by atoms with Gasteiger partial charge >= 0.3 is 0 Å². The van der Waals surface area contributed by atoms with Gasteiger partial charge in [0.2, 0.25) is 0 Å². The maximum Gasteiger partial charge on any atom is 0.0740 e. The van der Waals surface area contributed by atoms with E-state index < -0.39 is 0 Å².